The SMILES string of the molecule is CCCC[C@H](NC(=O)OC1CC(C)(C)CN1C(=O)c1csc(-c2snnc2C)n1)C(=O)C(=O)N[C@H](C)c1ccccc1. The number of ketones is 1. The Balaban J connectivity index is 1.42. The molecule has 3 amide bonds. The first kappa shape index (κ1) is 31.2. The molecule has 4 rings (SSSR count). The fourth-order valence-electron chi connectivity index (χ4n) is 4.80. The smallest absolute Gasteiger partial charge is 0.409 e. The number of alkyl carbamates (subject to hydrolysis) is 1. The molecule has 2 N–H and O–H groups in total. The minimum Gasteiger partial charge on any atom is -0.425 e. The third-order valence-electron chi connectivity index (χ3n) is 7.07. The minimum absolute atomic E-state index is 0.245. The monoisotopic (exact) mass is 612 g/mol. The zero-order valence-electron chi connectivity index (χ0n) is 24.4. The number of unbranched alkanes of at least 4 members (excludes halogenated alkanes) is 1. The Morgan fingerprint density at radius 3 is 2.57 bits per heavy atom. The van der Waals surface area contributed by atoms with Crippen LogP contribution in [0.3, 0.4) is 0 Å². The molecule has 0 spiro atoms. The highest BCUT2D eigenvalue weighted by Gasteiger charge is 2.43. The van der Waals surface area contributed by atoms with Crippen LogP contribution in [-0.4, -0.2) is 62.0 Å². The van der Waals surface area contributed by atoms with Gasteiger partial charge in [-0.25, -0.2) is 9.78 Å². The Labute approximate surface area is 253 Å². The Morgan fingerprint density at radius 1 is 1.17 bits per heavy atom. The summed E-state index contributed by atoms with van der Waals surface area (Å²) in [5.41, 5.74) is 1.53. The van der Waals surface area contributed by atoms with E-state index in [4.69, 9.17) is 4.74 Å². The van der Waals surface area contributed by atoms with E-state index < -0.39 is 30.1 Å². The molecule has 3 aromatic rings. The van der Waals surface area contributed by atoms with Gasteiger partial charge >= 0.3 is 6.09 Å². The van der Waals surface area contributed by atoms with Gasteiger partial charge in [-0.1, -0.05) is 68.4 Å². The number of aromatic nitrogens is 3. The van der Waals surface area contributed by atoms with Crippen LogP contribution in [0.25, 0.3) is 9.88 Å². The third kappa shape index (κ3) is 7.57. The molecule has 3 heterocycles. The average molecular weight is 613 g/mol. The maximum Gasteiger partial charge on any atom is 0.409 e. The zero-order chi connectivity index (χ0) is 30.4. The summed E-state index contributed by atoms with van der Waals surface area (Å²) in [5, 5.41) is 11.6. The van der Waals surface area contributed by atoms with Crippen LogP contribution in [0.4, 0.5) is 4.79 Å². The van der Waals surface area contributed by atoms with Crippen LogP contribution < -0.4 is 10.6 Å². The molecule has 224 valence electrons. The molecule has 0 radical (unpaired) electrons. The predicted molar refractivity (Wildman–Crippen MR) is 160 cm³/mol. The van der Waals surface area contributed by atoms with Gasteiger partial charge in [-0.15, -0.1) is 16.4 Å². The van der Waals surface area contributed by atoms with Crippen LogP contribution in [0.15, 0.2) is 35.7 Å². The van der Waals surface area contributed by atoms with Crippen molar-refractivity contribution in [2.75, 3.05) is 6.54 Å². The summed E-state index contributed by atoms with van der Waals surface area (Å²) in [6.45, 7) is 9.91. The molecule has 1 aliphatic rings. The van der Waals surface area contributed by atoms with Crippen molar-refractivity contribution in [3.63, 3.8) is 0 Å². The van der Waals surface area contributed by atoms with Crippen LogP contribution >= 0.6 is 22.9 Å². The van der Waals surface area contributed by atoms with Gasteiger partial charge in [0.2, 0.25) is 5.78 Å². The number of thiazole rings is 1. The molecule has 3 atom stereocenters. The van der Waals surface area contributed by atoms with Gasteiger partial charge in [0.25, 0.3) is 11.8 Å². The molecule has 1 aromatic carbocycles. The average Bonchev–Trinajstić information content (AvgIpc) is 3.68. The van der Waals surface area contributed by atoms with Crippen molar-refractivity contribution in [3.05, 3.63) is 52.7 Å². The van der Waals surface area contributed by atoms with Gasteiger partial charge in [0, 0.05) is 18.3 Å². The molecule has 2 aromatic heterocycles. The Kier molecular flexibility index (Phi) is 10.0. The highest BCUT2D eigenvalue weighted by molar-refractivity contribution is 7.18. The lowest BCUT2D eigenvalue weighted by Crippen LogP contribution is -2.49. The lowest BCUT2D eigenvalue weighted by atomic mass is 9.93. The lowest BCUT2D eigenvalue weighted by Gasteiger charge is -2.25. The summed E-state index contributed by atoms with van der Waals surface area (Å²) < 4.78 is 9.66. The van der Waals surface area contributed by atoms with E-state index in [1.165, 1.54) is 27.8 Å². The van der Waals surface area contributed by atoms with E-state index in [0.717, 1.165) is 22.6 Å². The number of likely N-dealkylation sites (tertiary alicyclic amines) is 1. The molecule has 1 fully saturated rings. The second kappa shape index (κ2) is 13.5. The molecular weight excluding hydrogens is 576 g/mol. The highest BCUT2D eigenvalue weighted by atomic mass is 32.1. The number of nitrogens with zero attached hydrogens (tertiary/aromatic N) is 4. The number of carbonyl (C=O) groups is 4. The number of hydrogen-bond donors (Lipinski definition) is 2. The van der Waals surface area contributed by atoms with Gasteiger partial charge in [-0.05, 0) is 42.8 Å². The van der Waals surface area contributed by atoms with Crippen molar-refractivity contribution >= 4 is 46.6 Å². The second-order valence-corrected chi connectivity index (χ2v) is 12.8. The number of carbonyl (C=O) groups excluding carboxylic acids is 4. The Morgan fingerprint density at radius 2 is 1.90 bits per heavy atom. The molecule has 1 saturated heterocycles. The largest absolute Gasteiger partial charge is 0.425 e. The van der Waals surface area contributed by atoms with Crippen molar-refractivity contribution in [2.24, 2.45) is 5.41 Å². The summed E-state index contributed by atoms with van der Waals surface area (Å²) in [6, 6.07) is 7.86. The first-order valence-corrected chi connectivity index (χ1v) is 15.6. The predicted octanol–water partition coefficient (Wildman–Crippen LogP) is 4.90. The Bertz CT molecular complexity index is 1420. The Hall–Kier alpha value is -3.71. The van der Waals surface area contributed by atoms with Crippen molar-refractivity contribution in [1.82, 2.24) is 30.1 Å². The first-order chi connectivity index (χ1) is 20.0. The number of hydrogen-bond acceptors (Lipinski definition) is 10. The number of ether oxygens (including phenoxy) is 1. The van der Waals surface area contributed by atoms with Crippen LogP contribution in [-0.2, 0) is 14.3 Å². The van der Waals surface area contributed by atoms with E-state index in [-0.39, 0.29) is 29.5 Å². The van der Waals surface area contributed by atoms with Crippen LogP contribution in [0.2, 0.25) is 0 Å². The van der Waals surface area contributed by atoms with Crippen molar-refractivity contribution in [2.45, 2.75) is 78.6 Å². The fourth-order valence-corrected chi connectivity index (χ4v) is 6.38. The number of nitrogens with one attached hydrogen (secondary N) is 2. The van der Waals surface area contributed by atoms with Gasteiger partial charge in [-0.3, -0.25) is 14.4 Å². The molecule has 0 saturated carbocycles. The molecular formula is C29H36N6O5S2. The molecule has 1 unspecified atom stereocenters. The zero-order valence-corrected chi connectivity index (χ0v) is 26.0. The van der Waals surface area contributed by atoms with Gasteiger partial charge in [0.05, 0.1) is 11.7 Å². The second-order valence-electron chi connectivity index (χ2n) is 11.2. The summed E-state index contributed by atoms with van der Waals surface area (Å²) in [4.78, 5) is 59.3. The number of amides is 3. The first-order valence-electron chi connectivity index (χ1n) is 13.9. The van der Waals surface area contributed by atoms with Gasteiger partial charge in [-0.2, -0.15) is 0 Å². The third-order valence-corrected chi connectivity index (χ3v) is 8.90. The molecule has 1 aliphatic heterocycles. The van der Waals surface area contributed by atoms with Gasteiger partial charge < -0.3 is 20.3 Å². The summed E-state index contributed by atoms with van der Waals surface area (Å²) in [7, 11) is 0. The van der Waals surface area contributed by atoms with Crippen molar-refractivity contribution in [3.8, 4) is 9.88 Å². The molecule has 42 heavy (non-hydrogen) atoms. The fraction of sp³-hybridized carbons (Fsp3) is 0.483. The van der Waals surface area contributed by atoms with Crippen molar-refractivity contribution in [1.29, 1.82) is 0 Å². The number of rotatable bonds is 11. The maximum atomic E-state index is 13.5. The number of aryl methyl sites for hydroxylation is 1. The van der Waals surface area contributed by atoms with Crippen LogP contribution in [0.1, 0.15) is 81.2 Å². The molecule has 0 bridgehead atoms. The van der Waals surface area contributed by atoms with E-state index in [1.54, 1.807) is 12.3 Å². The van der Waals surface area contributed by atoms with E-state index in [0.29, 0.717) is 24.4 Å². The van der Waals surface area contributed by atoms with E-state index in [9.17, 15) is 19.2 Å². The van der Waals surface area contributed by atoms with E-state index in [1.807, 2.05) is 58.0 Å². The summed E-state index contributed by atoms with van der Waals surface area (Å²) in [6.07, 6.45) is 0.361. The topological polar surface area (TPSA) is 143 Å². The quantitative estimate of drug-likeness (QED) is 0.291. The highest BCUT2D eigenvalue weighted by Crippen LogP contribution is 2.36. The van der Waals surface area contributed by atoms with Crippen LogP contribution in [0.5, 0.6) is 0 Å². The normalized spacial score (nSPS) is 17.4. The summed E-state index contributed by atoms with van der Waals surface area (Å²) >= 11 is 2.54. The molecule has 0 aliphatic carbocycles. The summed E-state index contributed by atoms with van der Waals surface area (Å²) in [5.74, 6) is -1.88. The van der Waals surface area contributed by atoms with E-state index in [2.05, 4.69) is 25.2 Å². The van der Waals surface area contributed by atoms with Crippen molar-refractivity contribution < 1.29 is 23.9 Å². The van der Waals surface area contributed by atoms with Gasteiger partial charge in [0.1, 0.15) is 21.6 Å². The van der Waals surface area contributed by atoms with Gasteiger partial charge in [0.15, 0.2) is 6.23 Å². The number of Topliss-reactive ketones (excluding diaryl/α,β-unsaturated/α-hetero) is 1. The number of benzene rings is 1. The minimum atomic E-state index is -1.06. The molecule has 11 nitrogen and oxygen atoms in total. The lowest BCUT2D eigenvalue weighted by molar-refractivity contribution is -0.139. The molecule has 13 heteroatoms. The van der Waals surface area contributed by atoms with Crippen LogP contribution in [0, 0.1) is 12.3 Å². The maximum absolute atomic E-state index is 13.5. The van der Waals surface area contributed by atoms with E-state index >= 15 is 0 Å². The standard InChI is InChI=1S/C29H36N6O5S2/c1-6-7-13-20(23(36)25(37)30-17(2)19-11-9-8-10-12-19)32-28(39)40-22-14-29(4,5)16-35(22)27(38)21-15-41-26(31-21)24-18(3)33-34-42-24/h8-12,15,17,20,22H,6-7,13-14,16H2,1-5H3,(H,30,37)(H,32,39)/t17-,20+,22?/m1/s1.